The van der Waals surface area contributed by atoms with Gasteiger partial charge in [0, 0.05) is 50.6 Å². The molecule has 2 N–H and O–H groups in total. The lowest BCUT2D eigenvalue weighted by Crippen LogP contribution is -2.38. The van der Waals surface area contributed by atoms with Crippen molar-refractivity contribution in [1.82, 2.24) is 19.8 Å². The van der Waals surface area contributed by atoms with Crippen molar-refractivity contribution in [2.75, 3.05) is 26.2 Å². The van der Waals surface area contributed by atoms with Gasteiger partial charge < -0.3 is 10.6 Å². The Kier molecular flexibility index (Phi) is 5.58. The number of fused-ring (bicyclic) bond motifs is 1. The molecule has 0 saturated carbocycles. The number of carbonyl (C=O) groups is 2. The number of aryl methyl sites for hydroxylation is 2. The molecule has 3 atom stereocenters. The summed E-state index contributed by atoms with van der Waals surface area (Å²) in [5.41, 5.74) is 8.64. The van der Waals surface area contributed by atoms with Crippen LogP contribution in [0.1, 0.15) is 29.3 Å². The fourth-order valence-electron chi connectivity index (χ4n) is 4.90. The van der Waals surface area contributed by atoms with Crippen molar-refractivity contribution in [2.45, 2.75) is 25.8 Å². The van der Waals surface area contributed by atoms with E-state index in [2.05, 4.69) is 38.8 Å². The second-order valence-corrected chi connectivity index (χ2v) is 8.13. The average Bonchev–Trinajstić information content (AvgIpc) is 3.24. The standard InChI is InChI=1S/C22H27N5O2/c1-15-4-2-3-5-18(15)22-19-13-26(14-20(23)28)11-16(19)12-27(22)21(29)7-6-17-10-24-8-9-25-17/h2-5,8-10,16,19,22H,6-7,11-14H2,1H3,(H2,23,28)/t16-,19-,22+/m0/s1. The van der Waals surface area contributed by atoms with Gasteiger partial charge in [0.25, 0.3) is 0 Å². The third kappa shape index (κ3) is 4.15. The molecule has 0 aliphatic carbocycles. The van der Waals surface area contributed by atoms with E-state index >= 15 is 0 Å². The monoisotopic (exact) mass is 393 g/mol. The Morgan fingerprint density at radius 2 is 2.00 bits per heavy atom. The normalized spacial score (nSPS) is 23.9. The molecule has 7 nitrogen and oxygen atoms in total. The highest BCUT2D eigenvalue weighted by molar-refractivity contribution is 5.78. The maximum Gasteiger partial charge on any atom is 0.231 e. The zero-order chi connectivity index (χ0) is 20.4. The number of nitrogens with zero attached hydrogens (tertiary/aromatic N) is 4. The minimum absolute atomic E-state index is 0.0356. The van der Waals surface area contributed by atoms with Gasteiger partial charge in [0.15, 0.2) is 0 Å². The lowest BCUT2D eigenvalue weighted by molar-refractivity contribution is -0.133. The number of likely N-dealkylation sites (tertiary alicyclic amines) is 2. The van der Waals surface area contributed by atoms with Gasteiger partial charge in [-0.1, -0.05) is 24.3 Å². The maximum absolute atomic E-state index is 13.2. The summed E-state index contributed by atoms with van der Waals surface area (Å²) >= 11 is 0. The van der Waals surface area contributed by atoms with E-state index in [9.17, 15) is 9.59 Å². The molecule has 152 valence electrons. The number of amides is 2. The summed E-state index contributed by atoms with van der Waals surface area (Å²) in [6.07, 6.45) is 6.02. The predicted octanol–water partition coefficient (Wildman–Crippen LogP) is 1.33. The van der Waals surface area contributed by atoms with Gasteiger partial charge in [0.05, 0.1) is 18.3 Å². The van der Waals surface area contributed by atoms with E-state index in [4.69, 9.17) is 5.73 Å². The van der Waals surface area contributed by atoms with Crippen molar-refractivity contribution in [2.24, 2.45) is 17.6 Å². The molecule has 0 unspecified atom stereocenters. The van der Waals surface area contributed by atoms with Crippen LogP contribution in [0.15, 0.2) is 42.9 Å². The molecule has 2 fully saturated rings. The zero-order valence-electron chi connectivity index (χ0n) is 16.7. The van der Waals surface area contributed by atoms with E-state index in [1.54, 1.807) is 18.6 Å². The van der Waals surface area contributed by atoms with Gasteiger partial charge in [0.1, 0.15) is 0 Å². The summed E-state index contributed by atoms with van der Waals surface area (Å²) in [7, 11) is 0. The molecule has 4 rings (SSSR count). The summed E-state index contributed by atoms with van der Waals surface area (Å²) in [5, 5.41) is 0. The highest BCUT2D eigenvalue weighted by atomic mass is 16.2. The van der Waals surface area contributed by atoms with Crippen LogP contribution in [0.2, 0.25) is 0 Å². The molecule has 1 aromatic heterocycles. The quantitative estimate of drug-likeness (QED) is 0.799. The Labute approximate surface area is 170 Å². The van der Waals surface area contributed by atoms with E-state index in [1.165, 1.54) is 11.1 Å². The summed E-state index contributed by atoms with van der Waals surface area (Å²) in [6.45, 7) is 4.71. The Morgan fingerprint density at radius 3 is 2.72 bits per heavy atom. The minimum atomic E-state index is -0.297. The van der Waals surface area contributed by atoms with Crippen LogP contribution in [-0.4, -0.2) is 57.8 Å². The first-order valence-corrected chi connectivity index (χ1v) is 10.1. The predicted molar refractivity (Wildman–Crippen MR) is 109 cm³/mol. The van der Waals surface area contributed by atoms with Crippen LogP contribution >= 0.6 is 0 Å². The third-order valence-corrected chi connectivity index (χ3v) is 6.16. The van der Waals surface area contributed by atoms with E-state index in [0.29, 0.717) is 24.7 Å². The Balaban J connectivity index is 1.54. The van der Waals surface area contributed by atoms with Crippen LogP contribution in [-0.2, 0) is 16.0 Å². The summed E-state index contributed by atoms with van der Waals surface area (Å²) in [4.78, 5) is 37.1. The lowest BCUT2D eigenvalue weighted by Gasteiger charge is -2.31. The van der Waals surface area contributed by atoms with Crippen LogP contribution < -0.4 is 5.73 Å². The highest BCUT2D eigenvalue weighted by Crippen LogP contribution is 2.45. The first kappa shape index (κ1) is 19.5. The molecular weight excluding hydrogens is 366 g/mol. The van der Waals surface area contributed by atoms with Gasteiger partial charge in [0.2, 0.25) is 11.8 Å². The molecular formula is C22H27N5O2. The maximum atomic E-state index is 13.2. The Hall–Kier alpha value is -2.80. The SMILES string of the molecule is Cc1ccccc1[C@@H]1[C@H]2CN(CC(N)=O)C[C@H]2CN1C(=O)CCc1cnccn1. The molecule has 2 aliphatic heterocycles. The summed E-state index contributed by atoms with van der Waals surface area (Å²) < 4.78 is 0. The smallest absolute Gasteiger partial charge is 0.231 e. The fraction of sp³-hybridized carbons (Fsp3) is 0.455. The van der Waals surface area contributed by atoms with Gasteiger partial charge in [-0.3, -0.25) is 24.5 Å². The number of benzene rings is 1. The van der Waals surface area contributed by atoms with Crippen LogP contribution in [0.3, 0.4) is 0 Å². The van der Waals surface area contributed by atoms with E-state index in [-0.39, 0.29) is 24.4 Å². The Bertz CT molecular complexity index is 888. The van der Waals surface area contributed by atoms with Crippen molar-refractivity contribution < 1.29 is 9.59 Å². The van der Waals surface area contributed by atoms with Crippen molar-refractivity contribution in [3.63, 3.8) is 0 Å². The highest BCUT2D eigenvalue weighted by Gasteiger charge is 2.49. The molecule has 2 amide bonds. The van der Waals surface area contributed by atoms with Crippen molar-refractivity contribution in [3.05, 3.63) is 59.7 Å². The molecule has 2 aliphatic rings. The van der Waals surface area contributed by atoms with Gasteiger partial charge in [-0.15, -0.1) is 0 Å². The second-order valence-electron chi connectivity index (χ2n) is 8.13. The molecule has 0 radical (unpaired) electrons. The molecule has 29 heavy (non-hydrogen) atoms. The van der Waals surface area contributed by atoms with Crippen LogP contribution in [0.5, 0.6) is 0 Å². The van der Waals surface area contributed by atoms with Crippen LogP contribution in [0, 0.1) is 18.8 Å². The topological polar surface area (TPSA) is 92.4 Å². The van der Waals surface area contributed by atoms with E-state index in [0.717, 1.165) is 25.3 Å². The summed E-state index contributed by atoms with van der Waals surface area (Å²) in [5.74, 6) is 0.532. The second kappa shape index (κ2) is 8.29. The molecule has 0 bridgehead atoms. The van der Waals surface area contributed by atoms with Gasteiger partial charge >= 0.3 is 0 Å². The summed E-state index contributed by atoms with van der Waals surface area (Å²) in [6, 6.07) is 8.32. The minimum Gasteiger partial charge on any atom is -0.369 e. The molecule has 0 spiro atoms. The number of hydrogen-bond donors (Lipinski definition) is 1. The molecule has 3 heterocycles. The van der Waals surface area contributed by atoms with Crippen LogP contribution in [0.4, 0.5) is 0 Å². The van der Waals surface area contributed by atoms with Gasteiger partial charge in [-0.25, -0.2) is 0 Å². The van der Waals surface area contributed by atoms with Gasteiger partial charge in [-0.2, -0.15) is 0 Å². The van der Waals surface area contributed by atoms with Crippen molar-refractivity contribution in [1.29, 1.82) is 0 Å². The first-order valence-electron chi connectivity index (χ1n) is 10.1. The molecule has 1 aromatic carbocycles. The average molecular weight is 393 g/mol. The number of nitrogens with two attached hydrogens (primary N) is 1. The largest absolute Gasteiger partial charge is 0.369 e. The Morgan fingerprint density at radius 1 is 1.17 bits per heavy atom. The van der Waals surface area contributed by atoms with E-state index < -0.39 is 0 Å². The number of carbonyl (C=O) groups excluding carboxylic acids is 2. The van der Waals surface area contributed by atoms with Crippen molar-refractivity contribution >= 4 is 11.8 Å². The number of primary amides is 1. The number of rotatable bonds is 6. The number of aromatic nitrogens is 2. The van der Waals surface area contributed by atoms with E-state index in [1.807, 2.05) is 12.1 Å². The molecule has 7 heteroatoms. The fourth-order valence-corrected chi connectivity index (χ4v) is 4.90. The molecule has 2 aromatic rings. The number of hydrogen-bond acceptors (Lipinski definition) is 5. The zero-order valence-corrected chi connectivity index (χ0v) is 16.7. The third-order valence-electron chi connectivity index (χ3n) is 6.16. The van der Waals surface area contributed by atoms with Gasteiger partial charge in [-0.05, 0) is 30.4 Å². The molecule has 2 saturated heterocycles. The van der Waals surface area contributed by atoms with Crippen molar-refractivity contribution in [3.8, 4) is 0 Å². The lowest BCUT2D eigenvalue weighted by atomic mass is 9.87. The van der Waals surface area contributed by atoms with Crippen LogP contribution in [0.25, 0.3) is 0 Å². The first-order chi connectivity index (χ1) is 14.0.